The second kappa shape index (κ2) is 6.16. The Hall–Kier alpha value is -1.14. The Morgan fingerprint density at radius 3 is 2.77 bits per heavy atom. The number of ether oxygens (including phenoxy) is 1. The molecule has 0 bridgehead atoms. The van der Waals surface area contributed by atoms with E-state index in [-0.39, 0.29) is 11.7 Å². The van der Waals surface area contributed by atoms with Crippen molar-refractivity contribution < 1.29 is 14.6 Å². The van der Waals surface area contributed by atoms with Gasteiger partial charge in [-0.1, -0.05) is 15.9 Å². The average molecular weight is 384 g/mol. The molecule has 1 aromatic rings. The smallest absolute Gasteiger partial charge is 0.256 e. The number of amides is 1. The zero-order valence-corrected chi connectivity index (χ0v) is 14.7. The number of nitrogens with one attached hydrogen (secondary N) is 1. The number of aliphatic hydroxyl groups excluding tert-OH is 1. The van der Waals surface area contributed by atoms with Crippen LogP contribution < -0.4 is 10.1 Å². The lowest BCUT2D eigenvalue weighted by Gasteiger charge is -2.33. The summed E-state index contributed by atoms with van der Waals surface area (Å²) in [7, 11) is 0. The van der Waals surface area contributed by atoms with Gasteiger partial charge in [0.05, 0.1) is 17.7 Å². The van der Waals surface area contributed by atoms with Gasteiger partial charge in [0.1, 0.15) is 11.5 Å². The third-order valence-electron chi connectivity index (χ3n) is 4.14. The van der Waals surface area contributed by atoms with E-state index in [1.54, 1.807) is 0 Å². The maximum atomic E-state index is 12.4. The van der Waals surface area contributed by atoms with Gasteiger partial charge in [0.25, 0.3) is 5.91 Å². The fourth-order valence-corrected chi connectivity index (χ4v) is 4.72. The molecule has 1 fully saturated rings. The lowest BCUT2D eigenvalue weighted by Crippen LogP contribution is -2.47. The van der Waals surface area contributed by atoms with E-state index in [1.807, 2.05) is 36.9 Å². The molecule has 118 valence electrons. The molecule has 0 aliphatic carbocycles. The fourth-order valence-electron chi connectivity index (χ4n) is 2.97. The molecule has 0 unspecified atom stereocenters. The highest BCUT2D eigenvalue weighted by molar-refractivity contribution is 9.10. The first kappa shape index (κ1) is 15.7. The standard InChI is InChI=1S/C16H18BrNO3S/c1-2-21-10-3-4-11(12(17)9-10)13-14(19)16(18-15(13)20)5-7-22-8-6-16/h3-4,9,19H,2,5-8H2,1H3,(H,18,20). The van der Waals surface area contributed by atoms with Crippen molar-refractivity contribution in [2.75, 3.05) is 18.1 Å². The Balaban J connectivity index is 2.01. The average Bonchev–Trinajstić information content (AvgIpc) is 2.72. The third kappa shape index (κ3) is 2.63. The number of hydrogen-bond acceptors (Lipinski definition) is 4. The molecule has 2 heterocycles. The van der Waals surface area contributed by atoms with Crippen molar-refractivity contribution in [3.63, 3.8) is 0 Å². The molecular formula is C16H18BrNO3S. The molecule has 4 nitrogen and oxygen atoms in total. The number of hydrogen-bond donors (Lipinski definition) is 2. The SMILES string of the molecule is CCOc1ccc(C2=C(O)C3(CCSCC3)NC2=O)c(Br)c1. The van der Waals surface area contributed by atoms with Crippen LogP contribution in [0.15, 0.2) is 28.4 Å². The van der Waals surface area contributed by atoms with Crippen LogP contribution in [0, 0.1) is 0 Å². The van der Waals surface area contributed by atoms with E-state index in [9.17, 15) is 9.90 Å². The van der Waals surface area contributed by atoms with E-state index >= 15 is 0 Å². The molecule has 0 radical (unpaired) electrons. The predicted octanol–water partition coefficient (Wildman–Crippen LogP) is 3.51. The van der Waals surface area contributed by atoms with Crippen LogP contribution in [0.4, 0.5) is 0 Å². The second-order valence-corrected chi connectivity index (χ2v) is 7.53. The molecule has 2 N–H and O–H groups in total. The minimum Gasteiger partial charge on any atom is -0.509 e. The van der Waals surface area contributed by atoms with Crippen molar-refractivity contribution in [2.24, 2.45) is 0 Å². The molecule has 0 aromatic heterocycles. The molecule has 1 aromatic carbocycles. The molecular weight excluding hydrogens is 366 g/mol. The second-order valence-electron chi connectivity index (χ2n) is 5.45. The van der Waals surface area contributed by atoms with E-state index in [0.717, 1.165) is 34.6 Å². The summed E-state index contributed by atoms with van der Waals surface area (Å²) in [5, 5.41) is 13.7. The van der Waals surface area contributed by atoms with Crippen LogP contribution in [0.5, 0.6) is 5.75 Å². The zero-order valence-electron chi connectivity index (χ0n) is 12.3. The van der Waals surface area contributed by atoms with Gasteiger partial charge in [-0.25, -0.2) is 0 Å². The Morgan fingerprint density at radius 2 is 2.14 bits per heavy atom. The minimum absolute atomic E-state index is 0.183. The highest BCUT2D eigenvalue weighted by Gasteiger charge is 2.46. The van der Waals surface area contributed by atoms with Crippen molar-refractivity contribution in [3.05, 3.63) is 34.0 Å². The van der Waals surface area contributed by atoms with E-state index in [2.05, 4.69) is 21.2 Å². The summed E-state index contributed by atoms with van der Waals surface area (Å²) >= 11 is 5.34. The van der Waals surface area contributed by atoms with Crippen LogP contribution in [0.1, 0.15) is 25.3 Å². The Labute approximate surface area is 142 Å². The van der Waals surface area contributed by atoms with Crippen LogP contribution in [0.2, 0.25) is 0 Å². The summed E-state index contributed by atoms with van der Waals surface area (Å²) in [6.45, 7) is 2.51. The van der Waals surface area contributed by atoms with E-state index < -0.39 is 5.54 Å². The normalized spacial score (nSPS) is 20.4. The van der Waals surface area contributed by atoms with Gasteiger partial charge in [0, 0.05) is 10.0 Å². The quantitative estimate of drug-likeness (QED) is 0.838. The zero-order chi connectivity index (χ0) is 15.7. The van der Waals surface area contributed by atoms with Gasteiger partial charge in [-0.15, -0.1) is 0 Å². The maximum Gasteiger partial charge on any atom is 0.256 e. The molecule has 1 saturated heterocycles. The van der Waals surface area contributed by atoms with Crippen molar-refractivity contribution >= 4 is 39.2 Å². The van der Waals surface area contributed by atoms with Gasteiger partial charge < -0.3 is 15.2 Å². The molecule has 1 spiro atoms. The van der Waals surface area contributed by atoms with E-state index in [1.165, 1.54) is 0 Å². The van der Waals surface area contributed by atoms with E-state index in [0.29, 0.717) is 17.7 Å². The first-order valence-electron chi connectivity index (χ1n) is 7.34. The monoisotopic (exact) mass is 383 g/mol. The molecule has 1 amide bonds. The van der Waals surface area contributed by atoms with Crippen molar-refractivity contribution in [1.82, 2.24) is 5.32 Å². The van der Waals surface area contributed by atoms with Crippen LogP contribution in [-0.4, -0.2) is 34.7 Å². The summed E-state index contributed by atoms with van der Waals surface area (Å²) in [6, 6.07) is 5.46. The van der Waals surface area contributed by atoms with Gasteiger partial charge in [0.15, 0.2) is 0 Å². The summed E-state index contributed by atoms with van der Waals surface area (Å²) < 4.78 is 6.20. The van der Waals surface area contributed by atoms with Gasteiger partial charge in [-0.2, -0.15) is 11.8 Å². The minimum atomic E-state index is -0.574. The lowest BCUT2D eigenvalue weighted by atomic mass is 9.90. The van der Waals surface area contributed by atoms with Crippen molar-refractivity contribution in [1.29, 1.82) is 0 Å². The molecule has 0 saturated carbocycles. The Kier molecular flexibility index (Phi) is 4.41. The Bertz CT molecular complexity index is 638. The number of carbonyl (C=O) groups is 1. The van der Waals surface area contributed by atoms with E-state index in [4.69, 9.17) is 4.74 Å². The number of rotatable bonds is 3. The maximum absolute atomic E-state index is 12.4. The van der Waals surface area contributed by atoms with Crippen LogP contribution in [-0.2, 0) is 4.79 Å². The van der Waals surface area contributed by atoms with Crippen LogP contribution in [0.25, 0.3) is 5.57 Å². The summed E-state index contributed by atoms with van der Waals surface area (Å²) in [6.07, 6.45) is 1.54. The van der Waals surface area contributed by atoms with Gasteiger partial charge in [-0.3, -0.25) is 4.79 Å². The molecule has 0 atom stereocenters. The topological polar surface area (TPSA) is 58.6 Å². The van der Waals surface area contributed by atoms with Crippen LogP contribution >= 0.6 is 27.7 Å². The summed E-state index contributed by atoms with van der Waals surface area (Å²) in [5.74, 6) is 2.61. The first-order valence-corrected chi connectivity index (χ1v) is 9.29. The summed E-state index contributed by atoms with van der Waals surface area (Å²) in [4.78, 5) is 12.4. The van der Waals surface area contributed by atoms with Gasteiger partial charge in [-0.05, 0) is 49.5 Å². The summed E-state index contributed by atoms with van der Waals surface area (Å²) in [5.41, 5.74) is 0.505. The fraction of sp³-hybridized carbons (Fsp3) is 0.438. The Morgan fingerprint density at radius 1 is 1.41 bits per heavy atom. The molecule has 6 heteroatoms. The van der Waals surface area contributed by atoms with Crippen molar-refractivity contribution in [2.45, 2.75) is 25.3 Å². The number of halogens is 1. The molecule has 3 rings (SSSR count). The highest BCUT2D eigenvalue weighted by Crippen LogP contribution is 2.42. The largest absolute Gasteiger partial charge is 0.509 e. The number of thioether (sulfide) groups is 1. The van der Waals surface area contributed by atoms with Crippen molar-refractivity contribution in [3.8, 4) is 5.75 Å². The first-order chi connectivity index (χ1) is 10.6. The number of benzene rings is 1. The third-order valence-corrected chi connectivity index (χ3v) is 5.78. The van der Waals surface area contributed by atoms with Gasteiger partial charge >= 0.3 is 0 Å². The predicted molar refractivity (Wildman–Crippen MR) is 92.3 cm³/mol. The lowest BCUT2D eigenvalue weighted by molar-refractivity contribution is -0.116. The number of aliphatic hydroxyl groups is 1. The molecule has 2 aliphatic rings. The molecule has 22 heavy (non-hydrogen) atoms. The van der Waals surface area contributed by atoms with Crippen LogP contribution in [0.3, 0.4) is 0 Å². The number of carbonyl (C=O) groups excluding carboxylic acids is 1. The highest BCUT2D eigenvalue weighted by atomic mass is 79.9. The molecule has 2 aliphatic heterocycles. The van der Waals surface area contributed by atoms with Gasteiger partial charge in [0.2, 0.25) is 0 Å².